The van der Waals surface area contributed by atoms with Crippen molar-refractivity contribution in [3.8, 4) is 0 Å². The molecule has 0 bridgehead atoms. The predicted octanol–water partition coefficient (Wildman–Crippen LogP) is -4.03. The van der Waals surface area contributed by atoms with Crippen LogP contribution >= 0.6 is 12.2 Å². The molecule has 0 aromatic heterocycles. The first-order valence-electron chi connectivity index (χ1n) is 7.61. The molecule has 0 aromatic rings. The van der Waals surface area contributed by atoms with Gasteiger partial charge in [-0.05, 0) is 6.92 Å². The number of hydrogen-bond acceptors (Lipinski definition) is 8. The predicted molar refractivity (Wildman–Crippen MR) is 95.9 cm³/mol. The maximum atomic E-state index is 12.0. The van der Waals surface area contributed by atoms with Gasteiger partial charge >= 0.3 is 12.0 Å². The van der Waals surface area contributed by atoms with Crippen LogP contribution < -0.4 is 27.5 Å². The van der Waals surface area contributed by atoms with E-state index in [1.807, 2.05) is 5.32 Å². The number of carboxylic acid groups (broad SMARTS) is 1. The Morgan fingerprint density at radius 2 is 1.78 bits per heavy atom. The largest absolute Gasteiger partial charge is 0.480 e. The summed E-state index contributed by atoms with van der Waals surface area (Å²) in [5, 5.41) is 32.4. The summed E-state index contributed by atoms with van der Waals surface area (Å²) < 4.78 is 0. The van der Waals surface area contributed by atoms with E-state index in [1.165, 1.54) is 7.05 Å². The van der Waals surface area contributed by atoms with Gasteiger partial charge in [0.25, 0.3) is 5.91 Å². The zero-order valence-corrected chi connectivity index (χ0v) is 15.5. The van der Waals surface area contributed by atoms with Crippen molar-refractivity contribution in [3.05, 3.63) is 0 Å². The molecule has 0 radical (unpaired) electrons. The van der Waals surface area contributed by atoms with Gasteiger partial charge in [0.15, 0.2) is 6.04 Å². The van der Waals surface area contributed by atoms with Crippen LogP contribution in [0.1, 0.15) is 13.3 Å². The molecule has 14 heteroatoms. The Morgan fingerprint density at radius 3 is 2.19 bits per heavy atom. The zero-order valence-electron chi connectivity index (χ0n) is 14.7. The maximum absolute atomic E-state index is 12.0. The normalized spacial score (nSPS) is 14.9. The number of thiocarbonyl (C=S) groups is 1. The molecular weight excluding hydrogens is 384 g/mol. The summed E-state index contributed by atoms with van der Waals surface area (Å²) in [5.41, 5.74) is 12.7. The van der Waals surface area contributed by atoms with Gasteiger partial charge < -0.3 is 37.4 Å². The number of carboxylic acids is 1. The van der Waals surface area contributed by atoms with E-state index in [0.29, 0.717) is 0 Å². The maximum Gasteiger partial charge on any atom is 0.328 e. The number of amides is 4. The summed E-state index contributed by atoms with van der Waals surface area (Å²) in [6.07, 6.45) is -1.85. The summed E-state index contributed by atoms with van der Waals surface area (Å²) >= 11 is 5.08. The Hall–Kier alpha value is -2.55. The molecule has 13 nitrogen and oxygen atoms in total. The average Bonchev–Trinajstić information content (AvgIpc) is 2.56. The third-order valence-corrected chi connectivity index (χ3v) is 3.74. The van der Waals surface area contributed by atoms with Crippen molar-refractivity contribution in [2.45, 2.75) is 37.6 Å². The third-order valence-electron chi connectivity index (χ3n) is 3.19. The first-order chi connectivity index (χ1) is 12.4. The molecule has 154 valence electrons. The molecule has 0 saturated heterocycles. The van der Waals surface area contributed by atoms with Crippen molar-refractivity contribution in [2.75, 3.05) is 13.7 Å². The Bertz CT molecular complexity index is 588. The molecule has 10 N–H and O–H groups in total. The molecule has 0 fully saturated rings. The van der Waals surface area contributed by atoms with Crippen LogP contribution in [0.2, 0.25) is 0 Å². The van der Waals surface area contributed by atoms with Crippen LogP contribution in [-0.4, -0.2) is 87.0 Å². The molecule has 0 spiro atoms. The number of urea groups is 1. The molecule has 0 aromatic carbocycles. The van der Waals surface area contributed by atoms with Crippen molar-refractivity contribution in [3.63, 3.8) is 0 Å². The van der Waals surface area contributed by atoms with Gasteiger partial charge in [-0.1, -0.05) is 12.2 Å². The Labute approximate surface area is 160 Å². The van der Waals surface area contributed by atoms with Gasteiger partial charge in [0.2, 0.25) is 5.91 Å². The summed E-state index contributed by atoms with van der Waals surface area (Å²) in [6, 6.07) is -5.04. The number of aliphatic carboxylic acids is 1. The van der Waals surface area contributed by atoms with Gasteiger partial charge in [0, 0.05) is 7.05 Å². The molecular formula is C13H24N6O7S. The molecule has 0 aliphatic carbocycles. The standard InChI is InChI=1S/C13H24N6O7S/c1-5(21)9(12(24)25)17-13(26)16-7(3-8(15)22)11(27)19(2)18-10(23)6(14)4-20/h5-7,9,20-21H,3-4,14H2,1-2H3,(H2,15,22)(H,18,23)(H,24,25)(H2,16,17,26). The van der Waals surface area contributed by atoms with E-state index in [1.54, 1.807) is 0 Å². The lowest BCUT2D eigenvalue weighted by Gasteiger charge is -2.28. The van der Waals surface area contributed by atoms with Crippen LogP contribution in [0.15, 0.2) is 0 Å². The zero-order chi connectivity index (χ0) is 21.3. The molecule has 4 amide bonds. The van der Waals surface area contributed by atoms with Crippen molar-refractivity contribution < 1.29 is 34.5 Å². The highest BCUT2D eigenvalue weighted by atomic mass is 32.1. The quantitative estimate of drug-likeness (QED) is 0.136. The van der Waals surface area contributed by atoms with Crippen LogP contribution in [0, 0.1) is 0 Å². The second-order valence-corrected chi connectivity index (χ2v) is 5.98. The first-order valence-corrected chi connectivity index (χ1v) is 8.02. The van der Waals surface area contributed by atoms with Gasteiger partial charge in [0.1, 0.15) is 11.0 Å². The second kappa shape index (κ2) is 11.2. The van der Waals surface area contributed by atoms with E-state index >= 15 is 0 Å². The van der Waals surface area contributed by atoms with Gasteiger partial charge in [-0.15, -0.1) is 0 Å². The van der Waals surface area contributed by atoms with E-state index in [-0.39, 0.29) is 4.99 Å². The minimum atomic E-state index is -1.60. The monoisotopic (exact) mass is 408 g/mol. The summed E-state index contributed by atoms with van der Waals surface area (Å²) in [5.74, 6) is -3.08. The highest BCUT2D eigenvalue weighted by Gasteiger charge is 2.28. The Morgan fingerprint density at radius 1 is 1.22 bits per heavy atom. The molecule has 27 heavy (non-hydrogen) atoms. The molecule has 4 atom stereocenters. The van der Waals surface area contributed by atoms with E-state index in [9.17, 15) is 24.3 Å². The Kier molecular flexibility index (Phi) is 10.2. The molecule has 0 saturated carbocycles. The van der Waals surface area contributed by atoms with E-state index in [4.69, 9.17) is 33.9 Å². The fraction of sp³-hybridized carbons (Fsp3) is 0.615. The summed E-state index contributed by atoms with van der Waals surface area (Å²) in [4.78, 5) is 45.8. The minimum Gasteiger partial charge on any atom is -0.480 e. The molecule has 0 heterocycles. The van der Waals surface area contributed by atoms with Gasteiger partial charge in [-0.2, -0.15) is 0 Å². The Balaban J connectivity index is 5.12. The first kappa shape index (κ1) is 24.5. The fourth-order valence-electron chi connectivity index (χ4n) is 1.75. The highest BCUT2D eigenvalue weighted by molar-refractivity contribution is 7.80. The van der Waals surface area contributed by atoms with Gasteiger partial charge in [-0.25, -0.2) is 9.59 Å². The molecule has 0 aliphatic rings. The van der Waals surface area contributed by atoms with Crippen LogP contribution in [0.25, 0.3) is 0 Å². The van der Waals surface area contributed by atoms with Crippen LogP contribution in [0.3, 0.4) is 0 Å². The lowest BCUT2D eigenvalue weighted by Crippen LogP contribution is -2.59. The SMILES string of the molecule is CC(O)C(NC(=O)NC(CC(N)=O)C(=S)N(C)NC(=O)C(N)CO)C(=O)O. The second-order valence-electron chi connectivity index (χ2n) is 5.56. The van der Waals surface area contributed by atoms with Gasteiger partial charge in [-0.3, -0.25) is 20.0 Å². The average molecular weight is 408 g/mol. The molecule has 0 rings (SSSR count). The van der Waals surface area contributed by atoms with Crippen molar-refractivity contribution in [1.82, 2.24) is 21.1 Å². The number of likely N-dealkylation sites (N-methyl/N-ethyl adjacent to an activating group) is 1. The number of primary amides is 1. The molecule has 4 unspecified atom stereocenters. The fourth-order valence-corrected chi connectivity index (χ4v) is 1.94. The number of hydrazine groups is 1. The smallest absolute Gasteiger partial charge is 0.328 e. The number of nitrogens with one attached hydrogen (secondary N) is 3. The van der Waals surface area contributed by atoms with Crippen LogP contribution in [0.4, 0.5) is 4.79 Å². The summed E-state index contributed by atoms with van der Waals surface area (Å²) in [7, 11) is 1.30. The number of rotatable bonds is 9. The van der Waals surface area contributed by atoms with E-state index in [2.05, 4.69) is 10.7 Å². The van der Waals surface area contributed by atoms with E-state index in [0.717, 1.165) is 11.9 Å². The number of aliphatic hydroxyl groups is 2. The number of hydrogen-bond donors (Lipinski definition) is 8. The number of aliphatic hydroxyl groups excluding tert-OH is 2. The molecule has 0 aliphatic heterocycles. The van der Waals surface area contributed by atoms with Crippen molar-refractivity contribution in [2.24, 2.45) is 11.5 Å². The number of carbonyl (C=O) groups is 4. The highest BCUT2D eigenvalue weighted by Crippen LogP contribution is 2.01. The lowest BCUT2D eigenvalue weighted by atomic mass is 10.2. The lowest BCUT2D eigenvalue weighted by molar-refractivity contribution is -0.141. The minimum absolute atomic E-state index is 0.147. The number of nitrogens with zero attached hydrogens (tertiary/aromatic N) is 1. The summed E-state index contributed by atoms with van der Waals surface area (Å²) in [6.45, 7) is 0.548. The number of nitrogens with two attached hydrogens (primary N) is 2. The topological polar surface area (TPSA) is 220 Å². The third kappa shape index (κ3) is 8.59. The van der Waals surface area contributed by atoms with Crippen molar-refractivity contribution >= 4 is 41.0 Å². The van der Waals surface area contributed by atoms with Gasteiger partial charge in [0.05, 0.1) is 25.2 Å². The van der Waals surface area contributed by atoms with Crippen LogP contribution in [0.5, 0.6) is 0 Å². The van der Waals surface area contributed by atoms with Crippen LogP contribution in [-0.2, 0) is 14.4 Å². The number of carbonyl (C=O) groups excluding carboxylic acids is 3. The van der Waals surface area contributed by atoms with Crippen molar-refractivity contribution in [1.29, 1.82) is 0 Å². The van der Waals surface area contributed by atoms with E-state index < -0.39 is 61.1 Å².